The van der Waals surface area contributed by atoms with E-state index in [9.17, 15) is 19.7 Å². The van der Waals surface area contributed by atoms with E-state index in [1.807, 2.05) is 0 Å². The normalized spacial score (nSPS) is 10.6. The molecule has 0 saturated carbocycles. The van der Waals surface area contributed by atoms with Crippen LogP contribution < -0.4 is 5.43 Å². The molecule has 2 N–H and O–H groups in total. The summed E-state index contributed by atoms with van der Waals surface area (Å²) in [6.45, 7) is 1.33. The molecule has 1 heterocycles. The molecule has 98 valence electrons. The van der Waals surface area contributed by atoms with Gasteiger partial charge >= 0.3 is 5.97 Å². The molecule has 0 aliphatic carbocycles. The van der Waals surface area contributed by atoms with E-state index in [0.29, 0.717) is 0 Å². The van der Waals surface area contributed by atoms with Crippen molar-refractivity contribution in [3.8, 4) is 0 Å². The molecule has 0 spiro atoms. The molecule has 0 amide bonds. The van der Waals surface area contributed by atoms with Crippen LogP contribution in [0.25, 0.3) is 10.9 Å². The molecule has 0 saturated heterocycles. The number of hydrogen-bond acceptors (Lipinski definition) is 4. The Balaban J connectivity index is 3.05. The molecular weight excluding hydrogens is 276 g/mol. The lowest BCUT2D eigenvalue weighted by Crippen LogP contribution is -2.16. The number of halogens is 1. The number of benzene rings is 1. The average molecular weight is 283 g/mol. The zero-order valence-corrected chi connectivity index (χ0v) is 10.3. The maximum Gasteiger partial charge on any atom is 0.352 e. The van der Waals surface area contributed by atoms with Crippen molar-refractivity contribution in [2.24, 2.45) is 0 Å². The van der Waals surface area contributed by atoms with Crippen molar-refractivity contribution in [1.29, 1.82) is 0 Å². The smallest absolute Gasteiger partial charge is 0.352 e. The number of nitrogens with zero attached hydrogens (tertiary/aromatic N) is 1. The summed E-state index contributed by atoms with van der Waals surface area (Å²) in [6.07, 6.45) is 0. The fraction of sp³-hybridized carbons (Fsp3) is 0.0909. The first-order valence-electron chi connectivity index (χ1n) is 5.06. The third-order valence-corrected chi connectivity index (χ3v) is 2.92. The van der Waals surface area contributed by atoms with Crippen molar-refractivity contribution in [2.45, 2.75) is 6.92 Å². The van der Waals surface area contributed by atoms with E-state index in [4.69, 9.17) is 16.7 Å². The van der Waals surface area contributed by atoms with Crippen molar-refractivity contribution >= 4 is 34.2 Å². The number of carboxylic acid groups (broad SMARTS) is 1. The lowest BCUT2D eigenvalue weighted by molar-refractivity contribution is -0.383. The number of aromatic carboxylic acids is 1. The Hall–Kier alpha value is -2.41. The van der Waals surface area contributed by atoms with Crippen molar-refractivity contribution < 1.29 is 14.8 Å². The average Bonchev–Trinajstić information content (AvgIpc) is 2.32. The van der Waals surface area contributed by atoms with Crippen molar-refractivity contribution in [2.75, 3.05) is 0 Å². The number of H-pyrrole nitrogens is 1. The Morgan fingerprint density at radius 1 is 1.47 bits per heavy atom. The predicted octanol–water partition coefficient (Wildman–Crippen LogP) is 2.10. The third-order valence-electron chi connectivity index (χ3n) is 2.70. The van der Waals surface area contributed by atoms with E-state index in [0.717, 1.165) is 6.07 Å². The van der Waals surface area contributed by atoms with Crippen LogP contribution in [-0.4, -0.2) is 21.0 Å². The van der Waals surface area contributed by atoms with Gasteiger partial charge in [0, 0.05) is 16.7 Å². The number of nitrogens with one attached hydrogen (secondary N) is 1. The Morgan fingerprint density at radius 3 is 2.63 bits per heavy atom. The molecule has 0 atom stereocenters. The van der Waals surface area contributed by atoms with Crippen molar-refractivity contribution in [3.63, 3.8) is 0 Å². The molecule has 0 bridgehead atoms. The van der Waals surface area contributed by atoms with E-state index < -0.39 is 22.0 Å². The summed E-state index contributed by atoms with van der Waals surface area (Å²) >= 11 is 5.72. The molecular formula is C11H7ClN2O5. The van der Waals surface area contributed by atoms with Gasteiger partial charge in [-0.25, -0.2) is 4.79 Å². The van der Waals surface area contributed by atoms with Crippen LogP contribution >= 0.6 is 11.6 Å². The van der Waals surface area contributed by atoms with Gasteiger partial charge in [-0.05, 0) is 13.0 Å². The SMILES string of the molecule is Cc1c(C(=O)O)[nH]c2c([N+](=O)[O-])cc(Cl)cc2c1=O. The van der Waals surface area contributed by atoms with E-state index in [1.165, 1.54) is 13.0 Å². The predicted molar refractivity (Wildman–Crippen MR) is 67.9 cm³/mol. The fourth-order valence-corrected chi connectivity index (χ4v) is 2.01. The summed E-state index contributed by atoms with van der Waals surface area (Å²) in [5.41, 5.74) is -1.60. The highest BCUT2D eigenvalue weighted by Gasteiger charge is 2.20. The van der Waals surface area contributed by atoms with Crippen LogP contribution in [0, 0.1) is 17.0 Å². The third kappa shape index (κ3) is 2.04. The number of non-ortho nitro benzene ring substituents is 1. The number of aromatic amines is 1. The maximum absolute atomic E-state index is 12.0. The van der Waals surface area contributed by atoms with Crippen LogP contribution in [-0.2, 0) is 0 Å². The zero-order valence-electron chi connectivity index (χ0n) is 9.56. The molecule has 1 aromatic carbocycles. The van der Waals surface area contributed by atoms with E-state index in [1.54, 1.807) is 0 Å². The van der Waals surface area contributed by atoms with Crippen LogP contribution in [0.3, 0.4) is 0 Å². The minimum atomic E-state index is -1.36. The largest absolute Gasteiger partial charge is 0.477 e. The molecule has 0 radical (unpaired) electrons. The quantitative estimate of drug-likeness (QED) is 0.647. The fourth-order valence-electron chi connectivity index (χ4n) is 1.80. The number of nitro groups is 1. The van der Waals surface area contributed by atoms with Crippen molar-refractivity contribution in [3.05, 3.63) is 48.8 Å². The van der Waals surface area contributed by atoms with Gasteiger partial charge < -0.3 is 10.1 Å². The maximum atomic E-state index is 12.0. The highest BCUT2D eigenvalue weighted by molar-refractivity contribution is 6.31. The number of aromatic nitrogens is 1. The van der Waals surface area contributed by atoms with Gasteiger partial charge in [0.15, 0.2) is 5.43 Å². The first kappa shape index (κ1) is 13.0. The van der Waals surface area contributed by atoms with Gasteiger partial charge in [0.2, 0.25) is 0 Å². The number of nitro benzene ring substituents is 1. The number of fused-ring (bicyclic) bond motifs is 1. The number of pyridine rings is 1. The summed E-state index contributed by atoms with van der Waals surface area (Å²) in [6, 6.07) is 2.32. The minimum absolute atomic E-state index is 0.0123. The molecule has 0 unspecified atom stereocenters. The van der Waals surface area contributed by atoms with E-state index in [-0.39, 0.29) is 27.2 Å². The summed E-state index contributed by atoms with van der Waals surface area (Å²) in [4.78, 5) is 35.6. The van der Waals surface area contributed by atoms with E-state index in [2.05, 4.69) is 4.98 Å². The summed E-state index contributed by atoms with van der Waals surface area (Å²) in [5.74, 6) is -1.36. The van der Waals surface area contributed by atoms with Crippen LogP contribution in [0.1, 0.15) is 16.1 Å². The van der Waals surface area contributed by atoms with Crippen LogP contribution in [0.5, 0.6) is 0 Å². The number of hydrogen-bond donors (Lipinski definition) is 2. The lowest BCUT2D eigenvalue weighted by Gasteiger charge is -2.05. The minimum Gasteiger partial charge on any atom is -0.477 e. The molecule has 0 aliphatic heterocycles. The molecule has 0 aliphatic rings. The lowest BCUT2D eigenvalue weighted by atomic mass is 10.1. The zero-order chi connectivity index (χ0) is 14.3. The summed E-state index contributed by atoms with van der Waals surface area (Å²) in [5, 5.41) is 19.9. The first-order valence-corrected chi connectivity index (χ1v) is 5.44. The molecule has 19 heavy (non-hydrogen) atoms. The highest BCUT2D eigenvalue weighted by Crippen LogP contribution is 2.27. The van der Waals surface area contributed by atoms with Crippen molar-refractivity contribution in [1.82, 2.24) is 4.98 Å². The second kappa shape index (κ2) is 4.36. The van der Waals surface area contributed by atoms with Gasteiger partial charge in [-0.1, -0.05) is 11.6 Å². The summed E-state index contributed by atoms with van der Waals surface area (Å²) < 4.78 is 0. The summed E-state index contributed by atoms with van der Waals surface area (Å²) in [7, 11) is 0. The van der Waals surface area contributed by atoms with Gasteiger partial charge in [0.05, 0.1) is 10.3 Å². The molecule has 1 aromatic heterocycles. The second-order valence-electron chi connectivity index (χ2n) is 3.86. The number of carboxylic acids is 1. The Bertz CT molecular complexity index is 781. The monoisotopic (exact) mass is 282 g/mol. The Morgan fingerprint density at radius 2 is 2.11 bits per heavy atom. The second-order valence-corrected chi connectivity index (χ2v) is 4.30. The number of carbonyl (C=O) groups is 1. The van der Waals surface area contributed by atoms with Crippen LogP contribution in [0.15, 0.2) is 16.9 Å². The molecule has 7 nitrogen and oxygen atoms in total. The van der Waals surface area contributed by atoms with Crippen LogP contribution in [0.2, 0.25) is 5.02 Å². The Labute approximate surface area is 110 Å². The standard InChI is InChI=1S/C11H7ClN2O5/c1-4-8(11(16)17)13-9-6(10(4)15)2-5(12)3-7(9)14(18)19/h2-3H,1H3,(H,13,15)(H,16,17). The van der Waals surface area contributed by atoms with Gasteiger partial charge in [0.25, 0.3) is 5.69 Å². The van der Waals surface area contributed by atoms with Gasteiger partial charge in [-0.2, -0.15) is 0 Å². The Kier molecular flexibility index (Phi) is 2.99. The van der Waals surface area contributed by atoms with Crippen LogP contribution in [0.4, 0.5) is 5.69 Å². The highest BCUT2D eigenvalue weighted by atomic mass is 35.5. The number of rotatable bonds is 2. The van der Waals surface area contributed by atoms with Gasteiger partial charge in [0.1, 0.15) is 11.2 Å². The first-order chi connectivity index (χ1) is 8.82. The molecule has 2 rings (SSSR count). The van der Waals surface area contributed by atoms with E-state index >= 15 is 0 Å². The van der Waals surface area contributed by atoms with Gasteiger partial charge in [-0.3, -0.25) is 14.9 Å². The molecule has 2 aromatic rings. The molecule has 8 heteroatoms. The molecule has 0 fully saturated rings. The topological polar surface area (TPSA) is 113 Å². The van der Waals surface area contributed by atoms with Gasteiger partial charge in [-0.15, -0.1) is 0 Å².